The molecule has 1 N–H and O–H groups in total. The minimum absolute atomic E-state index is 0.179. The summed E-state index contributed by atoms with van der Waals surface area (Å²) in [4.78, 5) is 25.2. The van der Waals surface area contributed by atoms with Crippen LogP contribution in [0, 0.1) is 0 Å². The van der Waals surface area contributed by atoms with Gasteiger partial charge in [0.05, 0.1) is 17.7 Å². The van der Waals surface area contributed by atoms with Crippen molar-refractivity contribution in [3.8, 4) is 0 Å². The van der Waals surface area contributed by atoms with Gasteiger partial charge in [0, 0.05) is 0 Å². The SMILES string of the molecule is CCCCCCCCc1ccc(C(=O)OCCCCCCC)c(C(=O)O)c1CCCCCCCC. The van der Waals surface area contributed by atoms with E-state index in [1.807, 2.05) is 6.07 Å². The summed E-state index contributed by atoms with van der Waals surface area (Å²) >= 11 is 0. The van der Waals surface area contributed by atoms with Crippen LogP contribution < -0.4 is 0 Å². The van der Waals surface area contributed by atoms with Crippen LogP contribution in [0.5, 0.6) is 0 Å². The molecule has 0 atom stereocenters. The largest absolute Gasteiger partial charge is 0.478 e. The summed E-state index contributed by atoms with van der Waals surface area (Å²) in [6.07, 6.45) is 21.2. The lowest BCUT2D eigenvalue weighted by atomic mass is 9.89. The van der Waals surface area contributed by atoms with Gasteiger partial charge in [-0.2, -0.15) is 0 Å². The van der Waals surface area contributed by atoms with E-state index >= 15 is 0 Å². The van der Waals surface area contributed by atoms with E-state index in [0.29, 0.717) is 6.61 Å². The molecule has 0 aliphatic heterocycles. The number of aromatic carboxylic acids is 1. The van der Waals surface area contributed by atoms with Crippen molar-refractivity contribution < 1.29 is 19.4 Å². The van der Waals surface area contributed by atoms with Gasteiger partial charge in [0.25, 0.3) is 0 Å². The summed E-state index contributed by atoms with van der Waals surface area (Å²) in [5.74, 6) is -1.50. The van der Waals surface area contributed by atoms with Crippen molar-refractivity contribution in [1.29, 1.82) is 0 Å². The van der Waals surface area contributed by atoms with Gasteiger partial charge in [-0.15, -0.1) is 0 Å². The fourth-order valence-corrected chi connectivity index (χ4v) is 4.75. The average Bonchev–Trinajstić information content (AvgIpc) is 2.85. The molecule has 0 saturated heterocycles. The first-order valence-electron chi connectivity index (χ1n) is 14.6. The number of carbonyl (C=O) groups excluding carboxylic acids is 1. The van der Waals surface area contributed by atoms with Crippen LogP contribution in [-0.2, 0) is 17.6 Å². The number of aryl methyl sites for hydroxylation is 1. The van der Waals surface area contributed by atoms with E-state index in [0.717, 1.165) is 62.5 Å². The first kappa shape index (κ1) is 31.2. The zero-order valence-corrected chi connectivity index (χ0v) is 23.0. The molecule has 0 aliphatic carbocycles. The van der Waals surface area contributed by atoms with E-state index in [1.54, 1.807) is 6.07 Å². The van der Waals surface area contributed by atoms with Crippen molar-refractivity contribution in [1.82, 2.24) is 0 Å². The predicted octanol–water partition coefficient (Wildman–Crippen LogP) is 9.32. The van der Waals surface area contributed by atoms with Crippen molar-refractivity contribution >= 4 is 11.9 Å². The second-order valence-corrected chi connectivity index (χ2v) is 10.0. The first-order chi connectivity index (χ1) is 17.1. The molecule has 0 heterocycles. The van der Waals surface area contributed by atoms with Crippen LogP contribution in [0.1, 0.15) is 162 Å². The summed E-state index contributed by atoms with van der Waals surface area (Å²) in [5.41, 5.74) is 2.36. The second kappa shape index (κ2) is 20.4. The molecule has 0 amide bonds. The van der Waals surface area contributed by atoms with E-state index in [2.05, 4.69) is 20.8 Å². The van der Waals surface area contributed by atoms with Gasteiger partial charge in [-0.25, -0.2) is 9.59 Å². The molecule has 1 rings (SSSR count). The maximum absolute atomic E-state index is 12.8. The van der Waals surface area contributed by atoms with Crippen LogP contribution in [0.4, 0.5) is 0 Å². The van der Waals surface area contributed by atoms with Gasteiger partial charge >= 0.3 is 11.9 Å². The number of benzene rings is 1. The van der Waals surface area contributed by atoms with Crippen molar-refractivity contribution in [3.63, 3.8) is 0 Å². The maximum atomic E-state index is 12.8. The maximum Gasteiger partial charge on any atom is 0.339 e. The normalized spacial score (nSPS) is 11.1. The van der Waals surface area contributed by atoms with Gasteiger partial charge in [-0.1, -0.05) is 117 Å². The summed E-state index contributed by atoms with van der Waals surface area (Å²) in [7, 11) is 0. The predicted molar refractivity (Wildman–Crippen MR) is 147 cm³/mol. The van der Waals surface area contributed by atoms with E-state index in [1.165, 1.54) is 70.6 Å². The van der Waals surface area contributed by atoms with Gasteiger partial charge in [0.15, 0.2) is 0 Å². The Hall–Kier alpha value is -1.84. The minimum Gasteiger partial charge on any atom is -0.478 e. The van der Waals surface area contributed by atoms with Crippen molar-refractivity contribution in [2.75, 3.05) is 6.61 Å². The van der Waals surface area contributed by atoms with Gasteiger partial charge in [-0.3, -0.25) is 0 Å². The van der Waals surface area contributed by atoms with E-state index in [-0.39, 0.29) is 11.1 Å². The first-order valence-corrected chi connectivity index (χ1v) is 14.6. The molecule has 0 saturated carbocycles. The molecule has 0 aromatic heterocycles. The third-order valence-electron chi connectivity index (χ3n) is 6.90. The number of ether oxygens (including phenoxy) is 1. The molecule has 4 heteroatoms. The Bertz CT molecular complexity index is 710. The van der Waals surface area contributed by atoms with E-state index in [4.69, 9.17) is 4.74 Å². The van der Waals surface area contributed by atoms with Crippen LogP contribution >= 0.6 is 0 Å². The Labute approximate surface area is 215 Å². The molecule has 200 valence electrons. The summed E-state index contributed by atoms with van der Waals surface area (Å²) in [6.45, 7) is 6.96. The summed E-state index contributed by atoms with van der Waals surface area (Å²) in [5, 5.41) is 10.1. The third kappa shape index (κ3) is 13.2. The lowest BCUT2D eigenvalue weighted by Crippen LogP contribution is -2.16. The van der Waals surface area contributed by atoms with Crippen molar-refractivity contribution in [2.24, 2.45) is 0 Å². The lowest BCUT2D eigenvalue weighted by molar-refractivity contribution is 0.0487. The molecular formula is C31H52O4. The number of hydrogen-bond donors (Lipinski definition) is 1. The smallest absolute Gasteiger partial charge is 0.339 e. The molecule has 0 aliphatic rings. The molecule has 35 heavy (non-hydrogen) atoms. The highest BCUT2D eigenvalue weighted by molar-refractivity contribution is 6.03. The van der Waals surface area contributed by atoms with Crippen LogP contribution in [0.25, 0.3) is 0 Å². The van der Waals surface area contributed by atoms with Crippen LogP contribution in [0.3, 0.4) is 0 Å². The zero-order valence-electron chi connectivity index (χ0n) is 23.0. The molecule has 0 spiro atoms. The molecule has 1 aromatic rings. The third-order valence-corrected chi connectivity index (χ3v) is 6.90. The van der Waals surface area contributed by atoms with Crippen LogP contribution in [0.2, 0.25) is 0 Å². The minimum atomic E-state index is -1.01. The number of carboxylic acid groups (broad SMARTS) is 1. The lowest BCUT2D eigenvalue weighted by Gasteiger charge is -2.16. The topological polar surface area (TPSA) is 63.6 Å². The Morgan fingerprint density at radius 1 is 0.657 bits per heavy atom. The zero-order chi connectivity index (χ0) is 25.7. The number of carbonyl (C=O) groups is 2. The summed E-state index contributed by atoms with van der Waals surface area (Å²) in [6, 6.07) is 3.68. The van der Waals surface area contributed by atoms with Gasteiger partial charge in [0.1, 0.15) is 0 Å². The number of esters is 1. The van der Waals surface area contributed by atoms with Gasteiger partial charge < -0.3 is 9.84 Å². The number of carboxylic acids is 1. The Morgan fingerprint density at radius 3 is 1.69 bits per heavy atom. The number of unbranched alkanes of at least 4 members (excludes halogenated alkanes) is 14. The quantitative estimate of drug-likeness (QED) is 0.130. The Morgan fingerprint density at radius 2 is 1.14 bits per heavy atom. The standard InChI is InChI=1S/C31H52O4/c1-4-7-10-13-15-18-21-26-23-24-28(31(34)35-25-20-17-12-9-6-3)29(30(32)33)27(26)22-19-16-14-11-8-5-2/h23-24H,4-22,25H2,1-3H3,(H,32,33). The van der Waals surface area contributed by atoms with Crippen LogP contribution in [0.15, 0.2) is 12.1 Å². The van der Waals surface area contributed by atoms with E-state index in [9.17, 15) is 14.7 Å². The highest BCUT2D eigenvalue weighted by Crippen LogP contribution is 2.25. The Balaban J connectivity index is 2.91. The molecule has 0 radical (unpaired) electrons. The fourth-order valence-electron chi connectivity index (χ4n) is 4.75. The molecular weight excluding hydrogens is 436 g/mol. The van der Waals surface area contributed by atoms with Crippen LogP contribution in [-0.4, -0.2) is 23.7 Å². The van der Waals surface area contributed by atoms with Gasteiger partial charge in [0.2, 0.25) is 0 Å². The molecule has 0 unspecified atom stereocenters. The van der Waals surface area contributed by atoms with Crippen molar-refractivity contribution in [3.05, 3.63) is 34.4 Å². The molecule has 4 nitrogen and oxygen atoms in total. The number of hydrogen-bond acceptors (Lipinski definition) is 3. The van der Waals surface area contributed by atoms with E-state index < -0.39 is 11.9 Å². The second-order valence-electron chi connectivity index (χ2n) is 10.0. The summed E-state index contributed by atoms with van der Waals surface area (Å²) < 4.78 is 5.50. The van der Waals surface area contributed by atoms with Crippen molar-refractivity contribution in [2.45, 2.75) is 143 Å². The number of rotatable bonds is 22. The highest BCUT2D eigenvalue weighted by atomic mass is 16.5. The average molecular weight is 489 g/mol. The van der Waals surface area contributed by atoms with Gasteiger partial charge in [-0.05, 0) is 49.3 Å². The molecule has 0 bridgehead atoms. The molecule has 1 aromatic carbocycles. The Kier molecular flexibility index (Phi) is 18.1. The molecule has 0 fully saturated rings. The monoisotopic (exact) mass is 488 g/mol. The fraction of sp³-hybridized carbons (Fsp3) is 0.742. The highest BCUT2D eigenvalue weighted by Gasteiger charge is 2.23.